The van der Waals surface area contributed by atoms with Crippen LogP contribution < -0.4 is 68.8 Å². The molecule has 0 aliphatic heterocycles. The van der Waals surface area contributed by atoms with Crippen LogP contribution in [0.5, 0.6) is 0 Å². The van der Waals surface area contributed by atoms with Crippen molar-refractivity contribution in [2.45, 2.75) is 0 Å². The summed E-state index contributed by atoms with van der Waals surface area (Å²) in [6.07, 6.45) is 0. The molecule has 0 fully saturated rings. The Morgan fingerprint density at radius 3 is 0.280 bits per heavy atom. The number of carbonyl (C=O) groups is 6. The van der Waals surface area contributed by atoms with Crippen LogP contribution in [-0.2, 0) is 0 Å². The van der Waals surface area contributed by atoms with E-state index in [2.05, 4.69) is 68.8 Å². The summed E-state index contributed by atoms with van der Waals surface area (Å²) in [4.78, 5) is 54.0. The Labute approximate surface area is 147 Å². The van der Waals surface area contributed by atoms with E-state index < -0.39 is 36.2 Å². The van der Waals surface area contributed by atoms with Crippen molar-refractivity contribution in [1.29, 1.82) is 0 Å². The summed E-state index contributed by atoms with van der Waals surface area (Å²) in [5.74, 6) is 0. The number of urea groups is 6. The number of rotatable bonds is 0. The lowest BCUT2D eigenvalue weighted by molar-refractivity contribution is 0.255. The average molecular weight is 397 g/mol. The SMILES string of the molecule is Cl.NC(N)=O.NC(N)=O.NC(N)=O.NC(N)=O.NC(N)=O.NC(N)=O. The molecular weight excluding hydrogens is 372 g/mol. The third kappa shape index (κ3) is 382. The first-order valence-electron chi connectivity index (χ1n) is 4.69. The van der Waals surface area contributed by atoms with Gasteiger partial charge in [0.05, 0.1) is 0 Å². The van der Waals surface area contributed by atoms with Crippen molar-refractivity contribution in [2.24, 2.45) is 68.8 Å². The van der Waals surface area contributed by atoms with Crippen molar-refractivity contribution in [1.82, 2.24) is 0 Å². The predicted octanol–water partition coefficient (Wildman–Crippen LogP) is -5.44. The second-order valence-corrected chi connectivity index (χ2v) is 2.41. The fourth-order valence-corrected chi connectivity index (χ4v) is 0. The van der Waals surface area contributed by atoms with Gasteiger partial charge in [0.15, 0.2) is 0 Å². The van der Waals surface area contributed by atoms with E-state index in [1.807, 2.05) is 0 Å². The number of hydrogen-bond acceptors (Lipinski definition) is 6. The first kappa shape index (κ1) is 42.8. The van der Waals surface area contributed by atoms with Crippen molar-refractivity contribution in [3.05, 3.63) is 0 Å². The summed E-state index contributed by atoms with van der Waals surface area (Å²) in [5.41, 5.74) is 51.0. The molecule has 24 N–H and O–H groups in total. The van der Waals surface area contributed by atoms with E-state index in [4.69, 9.17) is 28.8 Å². The third-order valence-electron chi connectivity index (χ3n) is 0. The molecule has 0 saturated carbocycles. The maximum absolute atomic E-state index is 9.00. The minimum absolute atomic E-state index is 0. The van der Waals surface area contributed by atoms with Crippen LogP contribution in [0.15, 0.2) is 0 Å². The highest BCUT2D eigenvalue weighted by molar-refractivity contribution is 5.85. The zero-order valence-electron chi connectivity index (χ0n) is 12.8. The van der Waals surface area contributed by atoms with Crippen molar-refractivity contribution in [3.8, 4) is 0 Å². The standard InChI is InChI=1S/6CH4N2O.ClH/c6*2-1(3)4;/h6*(H4,2,3,4);1H. The van der Waals surface area contributed by atoms with Crippen LogP contribution in [0.1, 0.15) is 0 Å². The van der Waals surface area contributed by atoms with E-state index in [0.717, 1.165) is 0 Å². The number of halogens is 1. The van der Waals surface area contributed by atoms with Gasteiger partial charge in [0.25, 0.3) is 0 Å². The lowest BCUT2D eigenvalue weighted by atomic mass is 11.2. The average Bonchev–Trinajstić information content (AvgIpc) is 2.08. The molecule has 0 saturated heterocycles. The van der Waals surface area contributed by atoms with Crippen molar-refractivity contribution in [3.63, 3.8) is 0 Å². The van der Waals surface area contributed by atoms with E-state index in [1.165, 1.54) is 0 Å². The lowest BCUT2D eigenvalue weighted by Gasteiger charge is -1.62. The Morgan fingerprint density at radius 1 is 0.280 bits per heavy atom. The van der Waals surface area contributed by atoms with Gasteiger partial charge in [0, 0.05) is 0 Å². The van der Waals surface area contributed by atoms with Gasteiger partial charge in [0.2, 0.25) is 0 Å². The molecule has 25 heavy (non-hydrogen) atoms. The highest BCUT2D eigenvalue weighted by Crippen LogP contribution is 1.27. The highest BCUT2D eigenvalue weighted by atomic mass is 35.5. The third-order valence-corrected chi connectivity index (χ3v) is 0. The molecule has 19 heteroatoms. The molecule has 0 radical (unpaired) electrons. The van der Waals surface area contributed by atoms with Crippen LogP contribution in [0.4, 0.5) is 28.8 Å². The van der Waals surface area contributed by atoms with E-state index in [0.29, 0.717) is 0 Å². The first-order valence-corrected chi connectivity index (χ1v) is 4.69. The molecule has 0 heterocycles. The molecule has 0 aromatic rings. The highest BCUT2D eigenvalue weighted by Gasteiger charge is 1.62. The largest absolute Gasteiger partial charge is 0.352 e. The van der Waals surface area contributed by atoms with Crippen LogP contribution in [0.2, 0.25) is 0 Å². The molecule has 18 nitrogen and oxygen atoms in total. The van der Waals surface area contributed by atoms with E-state index in [9.17, 15) is 0 Å². The van der Waals surface area contributed by atoms with Crippen molar-refractivity contribution >= 4 is 48.6 Å². The zero-order chi connectivity index (χ0) is 21.5. The van der Waals surface area contributed by atoms with Crippen LogP contribution in [0.3, 0.4) is 0 Å². The Morgan fingerprint density at radius 2 is 0.280 bits per heavy atom. The Hall–Kier alpha value is -4.09. The maximum Gasteiger partial charge on any atom is 0.309 e. The number of hydrogen-bond donors (Lipinski definition) is 12. The van der Waals surface area contributed by atoms with Gasteiger partial charge in [-0.15, -0.1) is 12.4 Å². The molecule has 0 aliphatic carbocycles. The van der Waals surface area contributed by atoms with E-state index in [-0.39, 0.29) is 12.4 Å². The smallest absolute Gasteiger partial charge is 0.309 e. The molecular formula is C6H25ClN12O6. The van der Waals surface area contributed by atoms with Gasteiger partial charge in [-0.25, -0.2) is 28.8 Å². The minimum atomic E-state index is -0.833. The van der Waals surface area contributed by atoms with Crippen LogP contribution in [-0.4, -0.2) is 36.2 Å². The molecule has 12 amide bonds. The summed E-state index contributed by atoms with van der Waals surface area (Å²) >= 11 is 0. The molecule has 0 rings (SSSR count). The molecule has 0 spiro atoms. The second kappa shape index (κ2) is 36.8. The summed E-state index contributed by atoms with van der Waals surface area (Å²) in [6, 6.07) is -5.00. The first-order chi connectivity index (χ1) is 10.4. The predicted molar refractivity (Wildman–Crippen MR) is 89.9 cm³/mol. The van der Waals surface area contributed by atoms with Crippen molar-refractivity contribution < 1.29 is 28.8 Å². The van der Waals surface area contributed by atoms with Gasteiger partial charge >= 0.3 is 36.2 Å². The van der Waals surface area contributed by atoms with Crippen LogP contribution >= 0.6 is 12.4 Å². The van der Waals surface area contributed by atoms with Gasteiger partial charge in [-0.2, -0.15) is 0 Å². The molecule has 0 bridgehead atoms. The summed E-state index contributed by atoms with van der Waals surface area (Å²) in [6.45, 7) is 0. The molecule has 0 aliphatic rings. The minimum Gasteiger partial charge on any atom is -0.352 e. The molecule has 0 aromatic heterocycles. The summed E-state index contributed by atoms with van der Waals surface area (Å²) < 4.78 is 0. The molecule has 0 unspecified atom stereocenters. The fourth-order valence-electron chi connectivity index (χ4n) is 0. The van der Waals surface area contributed by atoms with Gasteiger partial charge < -0.3 is 68.8 Å². The van der Waals surface area contributed by atoms with Gasteiger partial charge in [-0.3, -0.25) is 0 Å². The quantitative estimate of drug-likeness (QED) is 0.189. The lowest BCUT2D eigenvalue weighted by Crippen LogP contribution is -2.18. The molecule has 0 atom stereocenters. The number of carbonyl (C=O) groups excluding carboxylic acids is 6. The van der Waals surface area contributed by atoms with Gasteiger partial charge in [-0.05, 0) is 0 Å². The van der Waals surface area contributed by atoms with E-state index in [1.54, 1.807) is 0 Å². The summed E-state index contributed by atoms with van der Waals surface area (Å²) in [5, 5.41) is 0. The van der Waals surface area contributed by atoms with Crippen LogP contribution in [0.25, 0.3) is 0 Å². The van der Waals surface area contributed by atoms with Gasteiger partial charge in [-0.1, -0.05) is 0 Å². The Bertz CT molecular complexity index is 273. The fraction of sp³-hybridized carbons (Fsp3) is 0. The number of amides is 12. The Balaban J connectivity index is -0.0000000309. The number of primary amides is 12. The normalized spacial score (nSPS) is 5.76. The van der Waals surface area contributed by atoms with Crippen LogP contribution in [0, 0.1) is 0 Å². The number of nitrogens with two attached hydrogens (primary N) is 12. The second-order valence-electron chi connectivity index (χ2n) is 2.41. The molecule has 152 valence electrons. The van der Waals surface area contributed by atoms with Gasteiger partial charge in [0.1, 0.15) is 0 Å². The molecule has 0 aromatic carbocycles. The monoisotopic (exact) mass is 396 g/mol. The summed E-state index contributed by atoms with van der Waals surface area (Å²) in [7, 11) is 0. The Kier molecular flexibility index (Phi) is 63.1. The maximum atomic E-state index is 9.00. The zero-order valence-corrected chi connectivity index (χ0v) is 13.6. The van der Waals surface area contributed by atoms with Crippen molar-refractivity contribution in [2.75, 3.05) is 0 Å². The topological polar surface area (TPSA) is 415 Å². The van der Waals surface area contributed by atoms with E-state index >= 15 is 0 Å².